The van der Waals surface area contributed by atoms with E-state index in [-0.39, 0.29) is 0 Å². The lowest BCUT2D eigenvalue weighted by atomic mass is 10.1. The van der Waals surface area contributed by atoms with Crippen LogP contribution in [0.4, 0.5) is 0 Å². The highest BCUT2D eigenvalue weighted by Gasteiger charge is 2.45. The summed E-state index contributed by atoms with van der Waals surface area (Å²) in [7, 11) is -6.81. The van der Waals surface area contributed by atoms with E-state index in [1.807, 2.05) is 0 Å². The van der Waals surface area contributed by atoms with Crippen molar-refractivity contribution in [2.45, 2.75) is 31.2 Å². The summed E-state index contributed by atoms with van der Waals surface area (Å²) in [4.78, 5) is 17.4. The van der Waals surface area contributed by atoms with Gasteiger partial charge >= 0.3 is 8.25 Å². The highest BCUT2D eigenvalue weighted by molar-refractivity contribution is 7.41. The average Bonchev–Trinajstić information content (AvgIpc) is 2.53. The van der Waals surface area contributed by atoms with Crippen molar-refractivity contribution < 1.29 is 28.5 Å². The Hall–Kier alpha value is 0.300. The minimum atomic E-state index is -3.41. The van der Waals surface area contributed by atoms with Crippen LogP contribution in [0.5, 0.6) is 0 Å². The standard InChI is InChI=1S/C6H14O6P2/c7-6(13(8)9,12-14(10)11)5-3-1-2-4-5/h5,7,13-14H,1-4H2,(H,8,9)(H,10,11). The molecule has 6 nitrogen and oxygen atoms in total. The maximum atomic E-state index is 10.9. The van der Waals surface area contributed by atoms with Crippen LogP contribution in [0.1, 0.15) is 25.7 Å². The zero-order valence-corrected chi connectivity index (χ0v) is 9.47. The van der Waals surface area contributed by atoms with Gasteiger partial charge in [-0.3, -0.25) is 13.7 Å². The Bertz CT molecular complexity index is 251. The zero-order valence-electron chi connectivity index (χ0n) is 7.47. The first-order chi connectivity index (χ1) is 6.47. The minimum Gasteiger partial charge on any atom is -0.358 e. The van der Waals surface area contributed by atoms with Gasteiger partial charge in [-0.05, 0) is 12.8 Å². The fourth-order valence-corrected chi connectivity index (χ4v) is 3.43. The van der Waals surface area contributed by atoms with Gasteiger partial charge in [0.25, 0.3) is 5.53 Å². The fourth-order valence-electron chi connectivity index (χ4n) is 1.75. The molecule has 0 saturated heterocycles. The fraction of sp³-hybridized carbons (Fsp3) is 1.00. The van der Waals surface area contributed by atoms with Crippen LogP contribution in [-0.2, 0) is 13.7 Å². The van der Waals surface area contributed by atoms with Gasteiger partial charge in [-0.25, -0.2) is 0 Å². The number of hydrogen-bond donors (Lipinski definition) is 3. The van der Waals surface area contributed by atoms with Crippen molar-refractivity contribution >= 4 is 16.3 Å². The third kappa shape index (κ3) is 2.66. The van der Waals surface area contributed by atoms with E-state index in [9.17, 15) is 14.2 Å². The molecule has 3 N–H and O–H groups in total. The summed E-state index contributed by atoms with van der Waals surface area (Å²) >= 11 is 0. The van der Waals surface area contributed by atoms with E-state index >= 15 is 0 Å². The Balaban J connectivity index is 2.79. The molecule has 0 aromatic carbocycles. The van der Waals surface area contributed by atoms with E-state index < -0.39 is 27.7 Å². The molecule has 0 bridgehead atoms. The largest absolute Gasteiger partial charge is 0.358 e. The summed E-state index contributed by atoms with van der Waals surface area (Å²) in [6.45, 7) is 0. The van der Waals surface area contributed by atoms with Crippen LogP contribution in [0.25, 0.3) is 0 Å². The van der Waals surface area contributed by atoms with E-state index in [4.69, 9.17) is 9.79 Å². The summed E-state index contributed by atoms with van der Waals surface area (Å²) in [6.07, 6.45) is 2.75. The molecule has 14 heavy (non-hydrogen) atoms. The minimum absolute atomic E-state index is 0.514. The van der Waals surface area contributed by atoms with Gasteiger partial charge in [0.15, 0.2) is 0 Å². The molecule has 1 rings (SSSR count). The molecule has 0 spiro atoms. The first-order valence-electron chi connectivity index (χ1n) is 4.34. The van der Waals surface area contributed by atoms with Crippen LogP contribution >= 0.6 is 16.3 Å². The molecule has 0 radical (unpaired) electrons. The summed E-state index contributed by atoms with van der Waals surface area (Å²) in [5, 5.41) is 9.68. The van der Waals surface area contributed by atoms with Gasteiger partial charge in [0.1, 0.15) is 0 Å². The van der Waals surface area contributed by atoms with Crippen molar-refractivity contribution in [2.24, 2.45) is 5.92 Å². The van der Waals surface area contributed by atoms with E-state index in [0.717, 1.165) is 12.8 Å². The molecule has 1 fully saturated rings. The van der Waals surface area contributed by atoms with Crippen molar-refractivity contribution in [3.63, 3.8) is 0 Å². The topological polar surface area (TPSA) is 104 Å². The summed E-state index contributed by atoms with van der Waals surface area (Å²) < 4.78 is 25.7. The lowest BCUT2D eigenvalue weighted by molar-refractivity contribution is -0.109. The van der Waals surface area contributed by atoms with Crippen molar-refractivity contribution in [3.05, 3.63) is 0 Å². The van der Waals surface area contributed by atoms with E-state index in [2.05, 4.69) is 4.52 Å². The molecule has 8 heteroatoms. The van der Waals surface area contributed by atoms with Gasteiger partial charge in [0.2, 0.25) is 8.03 Å². The van der Waals surface area contributed by atoms with Crippen molar-refractivity contribution in [1.82, 2.24) is 0 Å². The molecule has 0 aromatic rings. The van der Waals surface area contributed by atoms with Crippen LogP contribution in [0, 0.1) is 5.92 Å². The highest BCUT2D eigenvalue weighted by Crippen LogP contribution is 2.50. The molecule has 0 aromatic heterocycles. The Morgan fingerprint density at radius 2 is 1.71 bits per heavy atom. The van der Waals surface area contributed by atoms with Gasteiger partial charge in [-0.15, -0.1) is 0 Å². The number of hydrogen-bond acceptors (Lipinski definition) is 4. The molecule has 0 amide bonds. The second kappa shape index (κ2) is 4.88. The van der Waals surface area contributed by atoms with Crippen LogP contribution in [0.3, 0.4) is 0 Å². The molecule has 1 aliphatic rings. The highest BCUT2D eigenvalue weighted by atomic mass is 31.1. The molecule has 1 saturated carbocycles. The van der Waals surface area contributed by atoms with Gasteiger partial charge < -0.3 is 14.9 Å². The zero-order chi connectivity index (χ0) is 10.8. The van der Waals surface area contributed by atoms with Gasteiger partial charge in [-0.1, -0.05) is 12.8 Å². The van der Waals surface area contributed by atoms with Crippen LogP contribution in [0.2, 0.25) is 0 Å². The van der Waals surface area contributed by atoms with E-state index in [0.29, 0.717) is 12.8 Å². The molecule has 84 valence electrons. The van der Waals surface area contributed by atoms with E-state index in [1.54, 1.807) is 0 Å². The summed E-state index contributed by atoms with van der Waals surface area (Å²) in [5.74, 6) is -0.514. The van der Waals surface area contributed by atoms with Gasteiger partial charge in [0, 0.05) is 5.92 Å². The molecule has 0 heterocycles. The van der Waals surface area contributed by atoms with Crippen LogP contribution in [0.15, 0.2) is 0 Å². The number of aliphatic hydroxyl groups is 1. The van der Waals surface area contributed by atoms with E-state index in [1.165, 1.54) is 0 Å². The quantitative estimate of drug-likeness (QED) is 0.496. The SMILES string of the molecule is O=[PH](O)OC(O)(C1CCCC1)[PH](=O)O. The Labute approximate surface area is 82.7 Å². The maximum absolute atomic E-state index is 10.9. The molecular formula is C6H14O6P2. The second-order valence-corrected chi connectivity index (χ2v) is 5.41. The third-order valence-electron chi connectivity index (χ3n) is 2.46. The molecular weight excluding hydrogens is 230 g/mol. The lowest BCUT2D eigenvalue weighted by Crippen LogP contribution is -2.33. The Morgan fingerprint density at radius 3 is 2.07 bits per heavy atom. The Morgan fingerprint density at radius 1 is 1.21 bits per heavy atom. The molecule has 3 unspecified atom stereocenters. The summed E-state index contributed by atoms with van der Waals surface area (Å²) in [5.41, 5.74) is -2.31. The predicted octanol–water partition coefficient (Wildman–Crippen LogP) is 0.688. The summed E-state index contributed by atoms with van der Waals surface area (Å²) in [6, 6.07) is 0. The smallest absolute Gasteiger partial charge is 0.319 e. The van der Waals surface area contributed by atoms with Crippen molar-refractivity contribution in [1.29, 1.82) is 0 Å². The number of rotatable bonds is 4. The van der Waals surface area contributed by atoms with Gasteiger partial charge in [0.05, 0.1) is 0 Å². The molecule has 3 atom stereocenters. The maximum Gasteiger partial charge on any atom is 0.319 e. The molecule has 1 aliphatic carbocycles. The predicted molar refractivity (Wildman–Crippen MR) is 50.4 cm³/mol. The molecule has 0 aliphatic heterocycles. The first kappa shape index (κ1) is 12.4. The normalized spacial score (nSPS) is 27.1. The lowest BCUT2D eigenvalue weighted by Gasteiger charge is -2.29. The average molecular weight is 244 g/mol. The van der Waals surface area contributed by atoms with Crippen LogP contribution in [-0.4, -0.2) is 20.4 Å². The van der Waals surface area contributed by atoms with Crippen molar-refractivity contribution in [3.8, 4) is 0 Å². The first-order valence-corrected chi connectivity index (χ1v) is 6.96. The third-order valence-corrected chi connectivity index (χ3v) is 4.27. The van der Waals surface area contributed by atoms with Crippen molar-refractivity contribution in [2.75, 3.05) is 0 Å². The van der Waals surface area contributed by atoms with Gasteiger partial charge in [-0.2, -0.15) is 0 Å². The van der Waals surface area contributed by atoms with Crippen LogP contribution < -0.4 is 0 Å². The Kier molecular flexibility index (Phi) is 4.31. The second-order valence-electron chi connectivity index (χ2n) is 3.35. The monoisotopic (exact) mass is 244 g/mol.